The van der Waals surface area contributed by atoms with E-state index >= 15 is 0 Å². The number of carbonyl (C=O) groups excluding carboxylic acids is 1. The van der Waals surface area contributed by atoms with Crippen LogP contribution in [-0.4, -0.2) is 28.7 Å². The van der Waals surface area contributed by atoms with Gasteiger partial charge in [0.25, 0.3) is 0 Å². The van der Waals surface area contributed by atoms with Crippen molar-refractivity contribution >= 4 is 6.03 Å². The topological polar surface area (TPSA) is 63.7 Å². The van der Waals surface area contributed by atoms with E-state index in [0.717, 1.165) is 35.6 Å². The largest absolute Gasteiger partial charge is 0.454 e. The Bertz CT molecular complexity index is 762. The van der Waals surface area contributed by atoms with Gasteiger partial charge in [-0.3, -0.25) is 4.98 Å². The van der Waals surface area contributed by atoms with Crippen LogP contribution in [0.3, 0.4) is 0 Å². The molecule has 0 bridgehead atoms. The van der Waals surface area contributed by atoms with Gasteiger partial charge in [0, 0.05) is 12.2 Å². The monoisotopic (exact) mass is 339 g/mol. The van der Waals surface area contributed by atoms with Crippen molar-refractivity contribution in [3.63, 3.8) is 0 Å². The third kappa shape index (κ3) is 3.52. The molecule has 2 amide bonds. The molecule has 1 aromatic heterocycles. The Morgan fingerprint density at radius 1 is 1.28 bits per heavy atom. The van der Waals surface area contributed by atoms with Gasteiger partial charge in [0.05, 0.1) is 18.3 Å². The number of nitrogens with zero attached hydrogens (tertiary/aromatic N) is 2. The predicted octanol–water partition coefficient (Wildman–Crippen LogP) is 3.25. The SMILES string of the molecule is C[C@H](NC(=O)N(Cc1ccccn1)C1CC1)c1ccc2c(c1)OCO2. The van der Waals surface area contributed by atoms with Crippen molar-refractivity contribution in [1.29, 1.82) is 0 Å². The molecule has 1 N–H and O–H groups in total. The summed E-state index contributed by atoms with van der Waals surface area (Å²) in [5.74, 6) is 1.48. The minimum atomic E-state index is -0.119. The van der Waals surface area contributed by atoms with E-state index in [2.05, 4.69) is 10.3 Å². The number of hydrogen-bond donors (Lipinski definition) is 1. The van der Waals surface area contributed by atoms with Gasteiger partial charge in [0.2, 0.25) is 6.79 Å². The van der Waals surface area contributed by atoms with Crippen LogP contribution >= 0.6 is 0 Å². The molecule has 0 radical (unpaired) electrons. The Morgan fingerprint density at radius 2 is 2.12 bits per heavy atom. The van der Waals surface area contributed by atoms with Crippen LogP contribution in [0.2, 0.25) is 0 Å². The number of pyridine rings is 1. The lowest BCUT2D eigenvalue weighted by Crippen LogP contribution is -2.42. The van der Waals surface area contributed by atoms with Gasteiger partial charge in [-0.25, -0.2) is 4.79 Å². The number of urea groups is 1. The van der Waals surface area contributed by atoms with E-state index in [1.807, 2.05) is 48.2 Å². The van der Waals surface area contributed by atoms with Crippen molar-refractivity contribution in [2.24, 2.45) is 0 Å². The lowest BCUT2D eigenvalue weighted by molar-refractivity contribution is 0.174. The fourth-order valence-electron chi connectivity index (χ4n) is 2.95. The van der Waals surface area contributed by atoms with E-state index in [1.54, 1.807) is 6.20 Å². The Balaban J connectivity index is 1.44. The number of benzene rings is 1. The summed E-state index contributed by atoms with van der Waals surface area (Å²) < 4.78 is 10.7. The molecule has 0 spiro atoms. The molecule has 1 aromatic carbocycles. The van der Waals surface area contributed by atoms with Gasteiger partial charge in [-0.15, -0.1) is 0 Å². The first-order chi connectivity index (χ1) is 12.2. The zero-order valence-electron chi connectivity index (χ0n) is 14.1. The summed E-state index contributed by atoms with van der Waals surface area (Å²) in [6, 6.07) is 11.7. The highest BCUT2D eigenvalue weighted by Gasteiger charge is 2.33. The van der Waals surface area contributed by atoms with E-state index in [9.17, 15) is 4.79 Å². The Morgan fingerprint density at radius 3 is 2.88 bits per heavy atom. The maximum absolute atomic E-state index is 12.8. The number of aromatic nitrogens is 1. The van der Waals surface area contributed by atoms with Gasteiger partial charge in [-0.2, -0.15) is 0 Å². The molecule has 2 aliphatic rings. The number of fused-ring (bicyclic) bond motifs is 1. The number of amides is 2. The van der Waals surface area contributed by atoms with Gasteiger partial charge < -0.3 is 19.7 Å². The Labute approximate surface area is 146 Å². The first-order valence-electron chi connectivity index (χ1n) is 8.57. The second-order valence-electron chi connectivity index (χ2n) is 6.46. The normalized spacial score (nSPS) is 16.4. The molecular weight excluding hydrogens is 318 g/mol. The number of hydrogen-bond acceptors (Lipinski definition) is 4. The van der Waals surface area contributed by atoms with E-state index in [-0.39, 0.29) is 18.9 Å². The lowest BCUT2D eigenvalue weighted by Gasteiger charge is -2.25. The van der Waals surface area contributed by atoms with Crippen molar-refractivity contribution in [2.45, 2.75) is 38.4 Å². The molecule has 1 atom stereocenters. The van der Waals surface area contributed by atoms with Crippen LogP contribution in [0.25, 0.3) is 0 Å². The molecule has 6 heteroatoms. The highest BCUT2D eigenvalue weighted by atomic mass is 16.7. The minimum Gasteiger partial charge on any atom is -0.454 e. The number of nitrogens with one attached hydrogen (secondary N) is 1. The standard InChI is InChI=1S/C19H21N3O3/c1-13(14-5-8-17-18(10-14)25-12-24-17)21-19(23)22(16-6-7-16)11-15-4-2-3-9-20-15/h2-5,8-10,13,16H,6-7,11-12H2,1H3,(H,21,23)/t13-/m0/s1. The molecule has 1 saturated carbocycles. The molecule has 1 aliphatic heterocycles. The van der Waals surface area contributed by atoms with Crippen LogP contribution in [0.15, 0.2) is 42.6 Å². The summed E-state index contributed by atoms with van der Waals surface area (Å²) in [6.45, 7) is 2.76. The molecule has 130 valence electrons. The van der Waals surface area contributed by atoms with Crippen LogP contribution in [0, 0.1) is 0 Å². The molecule has 0 saturated heterocycles. The van der Waals surface area contributed by atoms with Crippen molar-refractivity contribution in [3.8, 4) is 11.5 Å². The van der Waals surface area contributed by atoms with E-state index in [1.165, 1.54) is 0 Å². The summed E-state index contributed by atoms with van der Waals surface area (Å²) in [7, 11) is 0. The first kappa shape index (κ1) is 15.7. The maximum Gasteiger partial charge on any atom is 0.318 e. The molecule has 25 heavy (non-hydrogen) atoms. The second-order valence-corrected chi connectivity index (χ2v) is 6.46. The third-order valence-corrected chi connectivity index (χ3v) is 4.54. The summed E-state index contributed by atoms with van der Waals surface area (Å²) in [6.07, 6.45) is 3.87. The highest BCUT2D eigenvalue weighted by molar-refractivity contribution is 5.75. The third-order valence-electron chi connectivity index (χ3n) is 4.54. The van der Waals surface area contributed by atoms with E-state index < -0.39 is 0 Å². The lowest BCUT2D eigenvalue weighted by atomic mass is 10.1. The number of rotatable bonds is 5. The van der Waals surface area contributed by atoms with Crippen LogP contribution in [-0.2, 0) is 6.54 Å². The van der Waals surface area contributed by atoms with Crippen molar-refractivity contribution in [1.82, 2.24) is 15.2 Å². The fraction of sp³-hybridized carbons (Fsp3) is 0.368. The number of carbonyl (C=O) groups is 1. The fourth-order valence-corrected chi connectivity index (χ4v) is 2.95. The first-order valence-corrected chi connectivity index (χ1v) is 8.57. The van der Waals surface area contributed by atoms with Crippen LogP contribution in [0.1, 0.15) is 37.1 Å². The van der Waals surface area contributed by atoms with Crippen LogP contribution in [0.4, 0.5) is 4.79 Å². The summed E-state index contributed by atoms with van der Waals surface area (Å²) >= 11 is 0. The van der Waals surface area contributed by atoms with E-state index in [4.69, 9.17) is 9.47 Å². The molecule has 4 rings (SSSR count). The molecule has 2 aromatic rings. The van der Waals surface area contributed by atoms with Crippen molar-refractivity contribution in [3.05, 3.63) is 53.9 Å². The quantitative estimate of drug-likeness (QED) is 0.908. The predicted molar refractivity (Wildman–Crippen MR) is 92.3 cm³/mol. The van der Waals surface area contributed by atoms with Gasteiger partial charge in [-0.05, 0) is 49.6 Å². The van der Waals surface area contributed by atoms with Crippen LogP contribution < -0.4 is 14.8 Å². The Hall–Kier alpha value is -2.76. The summed E-state index contributed by atoms with van der Waals surface area (Å²) in [5, 5.41) is 3.09. The summed E-state index contributed by atoms with van der Waals surface area (Å²) in [5.41, 5.74) is 1.89. The molecule has 2 heterocycles. The molecular formula is C19H21N3O3. The van der Waals surface area contributed by atoms with E-state index in [0.29, 0.717) is 12.6 Å². The average Bonchev–Trinajstić information content (AvgIpc) is 3.36. The second kappa shape index (κ2) is 6.63. The smallest absolute Gasteiger partial charge is 0.318 e. The van der Waals surface area contributed by atoms with Crippen molar-refractivity contribution < 1.29 is 14.3 Å². The van der Waals surface area contributed by atoms with Gasteiger partial charge in [-0.1, -0.05) is 12.1 Å². The zero-order chi connectivity index (χ0) is 17.2. The number of ether oxygens (including phenoxy) is 2. The minimum absolute atomic E-state index is 0.0571. The van der Waals surface area contributed by atoms with Gasteiger partial charge in [0.1, 0.15) is 0 Å². The molecule has 1 fully saturated rings. The Kier molecular flexibility index (Phi) is 4.17. The molecule has 1 aliphatic carbocycles. The van der Waals surface area contributed by atoms with Gasteiger partial charge in [0.15, 0.2) is 11.5 Å². The summed E-state index contributed by atoms with van der Waals surface area (Å²) in [4.78, 5) is 19.0. The molecule has 0 unspecified atom stereocenters. The average molecular weight is 339 g/mol. The zero-order valence-corrected chi connectivity index (χ0v) is 14.1. The molecule has 6 nitrogen and oxygen atoms in total. The van der Waals surface area contributed by atoms with Gasteiger partial charge >= 0.3 is 6.03 Å². The van der Waals surface area contributed by atoms with Crippen LogP contribution in [0.5, 0.6) is 11.5 Å². The van der Waals surface area contributed by atoms with Crippen molar-refractivity contribution in [2.75, 3.05) is 6.79 Å². The highest BCUT2D eigenvalue weighted by Crippen LogP contribution is 2.34. The maximum atomic E-state index is 12.8.